The zero-order valence-corrected chi connectivity index (χ0v) is 9.92. The van der Waals surface area contributed by atoms with Crippen molar-refractivity contribution in [3.8, 4) is 5.75 Å². The molecule has 0 unspecified atom stereocenters. The Morgan fingerprint density at radius 1 is 1.50 bits per heavy atom. The van der Waals surface area contributed by atoms with E-state index in [4.69, 9.17) is 4.74 Å². The van der Waals surface area contributed by atoms with Crippen LogP contribution in [0.1, 0.15) is 0 Å². The Kier molecular flexibility index (Phi) is 3.60. The number of benzene rings is 1. The lowest BCUT2D eigenvalue weighted by Gasteiger charge is -2.19. The van der Waals surface area contributed by atoms with E-state index in [0.29, 0.717) is 11.4 Å². The van der Waals surface area contributed by atoms with Gasteiger partial charge in [-0.3, -0.25) is 10.3 Å². The van der Waals surface area contributed by atoms with Gasteiger partial charge in [-0.05, 0) is 12.1 Å². The molecule has 0 heterocycles. The summed E-state index contributed by atoms with van der Waals surface area (Å²) in [6.07, 6.45) is 0. The first-order chi connectivity index (χ1) is 6.60. The minimum absolute atomic E-state index is 0.605. The van der Waals surface area contributed by atoms with Gasteiger partial charge >= 0.3 is 0 Å². The van der Waals surface area contributed by atoms with E-state index in [0.717, 1.165) is 15.2 Å². The van der Waals surface area contributed by atoms with Crippen LogP contribution in [0.3, 0.4) is 0 Å². The number of nitrogens with one attached hydrogen (secondary N) is 1. The summed E-state index contributed by atoms with van der Waals surface area (Å²) in [6.45, 7) is 0. The monoisotopic (exact) mass is 260 g/mol. The van der Waals surface area contributed by atoms with Crippen LogP contribution in [0, 0.1) is 0 Å². The summed E-state index contributed by atoms with van der Waals surface area (Å²) in [4.78, 5) is 0. The molecular formula is C9H13BrN2O2. The lowest BCUT2D eigenvalue weighted by molar-refractivity contribution is 0.274. The molecule has 0 bridgehead atoms. The number of hydrogen-bond acceptors (Lipinski definition) is 4. The second-order valence-electron chi connectivity index (χ2n) is 2.78. The fourth-order valence-electron chi connectivity index (χ4n) is 1.25. The second-order valence-corrected chi connectivity index (χ2v) is 3.69. The number of hydrogen-bond donors (Lipinski definition) is 2. The van der Waals surface area contributed by atoms with E-state index in [1.54, 1.807) is 27.3 Å². The third-order valence-electron chi connectivity index (χ3n) is 1.85. The molecule has 0 saturated carbocycles. The van der Waals surface area contributed by atoms with Gasteiger partial charge in [0.15, 0.2) is 0 Å². The van der Waals surface area contributed by atoms with Crippen LogP contribution in [0.25, 0.3) is 0 Å². The summed E-state index contributed by atoms with van der Waals surface area (Å²) in [5.41, 5.74) is 1.40. The van der Waals surface area contributed by atoms with Crippen molar-refractivity contribution in [1.29, 1.82) is 0 Å². The van der Waals surface area contributed by atoms with E-state index in [1.807, 2.05) is 6.07 Å². The number of nitrogens with zero attached hydrogens (tertiary/aromatic N) is 1. The summed E-state index contributed by atoms with van der Waals surface area (Å²) in [5, 5.41) is 13.4. The molecule has 0 aliphatic carbocycles. The Labute approximate surface area is 91.6 Å². The lowest BCUT2D eigenvalue weighted by Crippen LogP contribution is -2.13. The molecule has 0 saturated heterocycles. The standard InChI is InChI=1S/C9H13BrN2O2/c1-11-7-4-6(10)5-8(14-3)9(7)12(2)13/h4-5,11,13H,1-3H3. The molecule has 0 fully saturated rings. The largest absolute Gasteiger partial charge is 0.494 e. The Bertz CT molecular complexity index is 304. The first-order valence-corrected chi connectivity index (χ1v) is 4.87. The third kappa shape index (κ3) is 2.10. The molecule has 0 spiro atoms. The molecular weight excluding hydrogens is 248 g/mol. The van der Waals surface area contributed by atoms with Crippen LogP contribution in [0.2, 0.25) is 0 Å². The summed E-state index contributed by atoms with van der Waals surface area (Å²) in [5.74, 6) is 0.605. The lowest BCUT2D eigenvalue weighted by atomic mass is 10.2. The van der Waals surface area contributed by atoms with Crippen molar-refractivity contribution in [3.05, 3.63) is 16.6 Å². The maximum absolute atomic E-state index is 9.44. The number of methoxy groups -OCH3 is 1. The summed E-state index contributed by atoms with van der Waals surface area (Å²) < 4.78 is 6.05. The van der Waals surface area contributed by atoms with Crippen LogP contribution in [0.4, 0.5) is 11.4 Å². The molecule has 4 nitrogen and oxygen atoms in total. The molecule has 78 valence electrons. The summed E-state index contributed by atoms with van der Waals surface area (Å²) in [7, 11) is 4.90. The predicted molar refractivity (Wildman–Crippen MR) is 60.4 cm³/mol. The van der Waals surface area contributed by atoms with Crippen LogP contribution < -0.4 is 15.1 Å². The van der Waals surface area contributed by atoms with E-state index in [2.05, 4.69) is 21.2 Å². The Morgan fingerprint density at radius 2 is 2.14 bits per heavy atom. The van der Waals surface area contributed by atoms with Crippen molar-refractivity contribution in [2.75, 3.05) is 31.6 Å². The highest BCUT2D eigenvalue weighted by molar-refractivity contribution is 9.10. The molecule has 5 heteroatoms. The second kappa shape index (κ2) is 4.52. The number of halogens is 1. The third-order valence-corrected chi connectivity index (χ3v) is 2.31. The van der Waals surface area contributed by atoms with Gasteiger partial charge in [0.25, 0.3) is 0 Å². The first-order valence-electron chi connectivity index (χ1n) is 4.08. The molecule has 1 rings (SSSR count). The van der Waals surface area contributed by atoms with Gasteiger partial charge in [-0.15, -0.1) is 0 Å². The maximum Gasteiger partial charge on any atom is 0.147 e. The minimum Gasteiger partial charge on any atom is -0.494 e. The number of hydroxylamine groups is 1. The van der Waals surface area contributed by atoms with Crippen LogP contribution >= 0.6 is 15.9 Å². The van der Waals surface area contributed by atoms with Gasteiger partial charge in [0.2, 0.25) is 0 Å². The number of ether oxygens (including phenoxy) is 1. The highest BCUT2D eigenvalue weighted by Crippen LogP contribution is 2.37. The molecule has 1 aromatic rings. The average Bonchev–Trinajstić information content (AvgIpc) is 2.15. The molecule has 2 N–H and O–H groups in total. The molecule has 0 radical (unpaired) electrons. The van der Waals surface area contributed by atoms with Gasteiger partial charge in [-0.2, -0.15) is 0 Å². The van der Waals surface area contributed by atoms with Crippen molar-refractivity contribution in [2.45, 2.75) is 0 Å². The van der Waals surface area contributed by atoms with Crippen molar-refractivity contribution < 1.29 is 9.94 Å². The average molecular weight is 261 g/mol. The molecule has 0 aliphatic rings. The minimum atomic E-state index is 0.605. The Balaban J connectivity index is 3.33. The predicted octanol–water partition coefficient (Wildman–Crippen LogP) is 2.32. The van der Waals surface area contributed by atoms with E-state index in [9.17, 15) is 5.21 Å². The van der Waals surface area contributed by atoms with E-state index >= 15 is 0 Å². The van der Waals surface area contributed by atoms with Crippen LogP contribution in [-0.2, 0) is 0 Å². The topological polar surface area (TPSA) is 44.7 Å². The number of rotatable bonds is 3. The fourth-order valence-corrected chi connectivity index (χ4v) is 1.69. The zero-order valence-electron chi connectivity index (χ0n) is 8.34. The molecule has 1 aromatic carbocycles. The maximum atomic E-state index is 9.44. The first kappa shape index (κ1) is 11.1. The quantitative estimate of drug-likeness (QED) is 0.819. The Morgan fingerprint density at radius 3 is 2.57 bits per heavy atom. The zero-order chi connectivity index (χ0) is 10.7. The van der Waals surface area contributed by atoms with Gasteiger partial charge < -0.3 is 10.1 Å². The van der Waals surface area contributed by atoms with E-state index in [1.165, 1.54) is 0 Å². The van der Waals surface area contributed by atoms with Crippen LogP contribution in [0.15, 0.2) is 16.6 Å². The molecule has 0 aromatic heterocycles. The fraction of sp³-hybridized carbons (Fsp3) is 0.333. The molecule has 0 aliphatic heterocycles. The van der Waals surface area contributed by atoms with E-state index < -0.39 is 0 Å². The van der Waals surface area contributed by atoms with Gasteiger partial charge in [0, 0.05) is 18.6 Å². The Hall–Kier alpha value is -0.940. The molecule has 0 atom stereocenters. The number of anilines is 2. The summed E-state index contributed by atoms with van der Waals surface area (Å²) in [6, 6.07) is 3.66. The van der Waals surface area contributed by atoms with Gasteiger partial charge in [0.05, 0.1) is 12.8 Å². The normalized spacial score (nSPS) is 9.79. The van der Waals surface area contributed by atoms with Gasteiger partial charge in [0.1, 0.15) is 11.4 Å². The van der Waals surface area contributed by atoms with Crippen molar-refractivity contribution in [2.24, 2.45) is 0 Å². The molecule has 0 amide bonds. The smallest absolute Gasteiger partial charge is 0.147 e. The van der Waals surface area contributed by atoms with Crippen molar-refractivity contribution in [3.63, 3.8) is 0 Å². The summed E-state index contributed by atoms with van der Waals surface area (Å²) >= 11 is 3.36. The van der Waals surface area contributed by atoms with Crippen LogP contribution in [-0.4, -0.2) is 26.4 Å². The molecule has 14 heavy (non-hydrogen) atoms. The highest BCUT2D eigenvalue weighted by Gasteiger charge is 2.12. The van der Waals surface area contributed by atoms with Crippen molar-refractivity contribution >= 4 is 27.3 Å². The van der Waals surface area contributed by atoms with Gasteiger partial charge in [-0.1, -0.05) is 15.9 Å². The van der Waals surface area contributed by atoms with Gasteiger partial charge in [-0.25, -0.2) is 0 Å². The van der Waals surface area contributed by atoms with E-state index in [-0.39, 0.29) is 0 Å². The van der Waals surface area contributed by atoms with Crippen molar-refractivity contribution in [1.82, 2.24) is 0 Å². The van der Waals surface area contributed by atoms with Crippen LogP contribution in [0.5, 0.6) is 5.75 Å². The highest BCUT2D eigenvalue weighted by atomic mass is 79.9. The SMILES string of the molecule is CNc1cc(Br)cc(OC)c1N(C)O.